The number of rotatable bonds is 4. The van der Waals surface area contributed by atoms with Crippen LogP contribution in [0.25, 0.3) is 0 Å². The second-order valence-corrected chi connectivity index (χ2v) is 6.43. The molecule has 0 aromatic heterocycles. The fourth-order valence-corrected chi connectivity index (χ4v) is 2.62. The summed E-state index contributed by atoms with van der Waals surface area (Å²) in [7, 11) is -0.298. The summed E-state index contributed by atoms with van der Waals surface area (Å²) in [5.41, 5.74) is 2.69. The van der Waals surface area contributed by atoms with Gasteiger partial charge in [0.25, 0.3) is 10.1 Å². The van der Waals surface area contributed by atoms with Crippen LogP contribution in [0.15, 0.2) is 57.6 Å². The Bertz CT molecular complexity index is 797. The van der Waals surface area contributed by atoms with Crippen LogP contribution in [-0.4, -0.2) is 27.1 Å². The highest BCUT2D eigenvalue weighted by atomic mass is 32.2. The van der Waals surface area contributed by atoms with Gasteiger partial charge in [-0.2, -0.15) is 18.6 Å². The zero-order valence-corrected chi connectivity index (χ0v) is 13.4. The Balaban J connectivity index is 2.22. The van der Waals surface area contributed by atoms with E-state index in [1.165, 1.54) is 12.1 Å². The minimum absolute atomic E-state index is 0.123. The van der Waals surface area contributed by atoms with E-state index in [-0.39, 0.29) is 4.90 Å². The summed E-state index contributed by atoms with van der Waals surface area (Å²) < 4.78 is 31.3. The lowest BCUT2D eigenvalue weighted by Crippen LogP contribution is -2.07. The summed E-state index contributed by atoms with van der Waals surface area (Å²) in [4.78, 5) is 1.86. The maximum absolute atomic E-state index is 11.1. The largest absolute Gasteiger partial charge is 0.378 e. The molecule has 0 heterocycles. The van der Waals surface area contributed by atoms with Crippen LogP contribution in [-0.2, 0) is 10.1 Å². The van der Waals surface area contributed by atoms with Crippen molar-refractivity contribution in [1.29, 1.82) is 0 Å². The number of anilines is 1. The summed E-state index contributed by atoms with van der Waals surface area (Å²) in [5.74, 6) is 0. The van der Waals surface area contributed by atoms with Crippen LogP contribution >= 0.6 is 0 Å². The van der Waals surface area contributed by atoms with E-state index >= 15 is 0 Å². The lowest BCUT2D eigenvalue weighted by molar-refractivity contribution is 0.482. The van der Waals surface area contributed by atoms with Crippen molar-refractivity contribution < 1.29 is 13.0 Å². The number of azo groups is 1. The molecular formula is C15H17N3O3S. The molecule has 6 nitrogen and oxygen atoms in total. The number of benzene rings is 2. The Morgan fingerprint density at radius 1 is 0.955 bits per heavy atom. The van der Waals surface area contributed by atoms with Crippen LogP contribution in [0.4, 0.5) is 17.1 Å². The van der Waals surface area contributed by atoms with Crippen molar-refractivity contribution in [2.75, 3.05) is 19.0 Å². The van der Waals surface area contributed by atoms with E-state index in [1.807, 2.05) is 43.3 Å². The average molecular weight is 319 g/mol. The third-order valence-corrected chi connectivity index (χ3v) is 4.10. The first-order valence-corrected chi connectivity index (χ1v) is 7.98. The molecule has 0 amide bonds. The molecule has 0 unspecified atom stereocenters. The molecule has 2 aromatic rings. The van der Waals surface area contributed by atoms with Gasteiger partial charge in [0.05, 0.1) is 16.3 Å². The van der Waals surface area contributed by atoms with Crippen LogP contribution in [0.5, 0.6) is 0 Å². The highest BCUT2D eigenvalue weighted by molar-refractivity contribution is 7.85. The molecule has 2 aromatic carbocycles. The van der Waals surface area contributed by atoms with Crippen LogP contribution in [0.2, 0.25) is 0 Å². The standard InChI is InChI=1S/C15H17N3O3S/c1-11-10-13(6-9-15(11)22(19,20)21)17-16-12-4-7-14(8-5-12)18(2)3/h4-10H,1-3H3,(H,19,20,21). The number of hydrogen-bond donors (Lipinski definition) is 1. The van der Waals surface area contributed by atoms with Gasteiger partial charge in [-0.15, -0.1) is 0 Å². The van der Waals surface area contributed by atoms with Gasteiger partial charge >= 0.3 is 0 Å². The smallest absolute Gasteiger partial charge is 0.294 e. The lowest BCUT2D eigenvalue weighted by Gasteiger charge is -2.11. The van der Waals surface area contributed by atoms with Gasteiger partial charge in [-0.05, 0) is 55.0 Å². The monoisotopic (exact) mass is 319 g/mol. The summed E-state index contributed by atoms with van der Waals surface area (Å²) in [6.45, 7) is 1.59. The first-order valence-electron chi connectivity index (χ1n) is 6.54. The van der Waals surface area contributed by atoms with Gasteiger partial charge in [0.2, 0.25) is 0 Å². The van der Waals surface area contributed by atoms with Gasteiger partial charge in [0.15, 0.2) is 0 Å². The van der Waals surface area contributed by atoms with E-state index in [0.717, 1.165) is 5.69 Å². The fraction of sp³-hybridized carbons (Fsp3) is 0.200. The van der Waals surface area contributed by atoms with Gasteiger partial charge in [0, 0.05) is 19.8 Å². The minimum atomic E-state index is -4.21. The van der Waals surface area contributed by atoms with E-state index in [4.69, 9.17) is 4.55 Å². The topological polar surface area (TPSA) is 82.3 Å². The quantitative estimate of drug-likeness (QED) is 0.687. The molecule has 0 aliphatic carbocycles. The molecule has 0 aliphatic rings. The Morgan fingerprint density at radius 3 is 2.00 bits per heavy atom. The molecule has 0 radical (unpaired) electrons. The molecule has 2 rings (SSSR count). The third-order valence-electron chi connectivity index (χ3n) is 3.08. The van der Waals surface area contributed by atoms with Crippen molar-refractivity contribution in [2.24, 2.45) is 10.2 Å². The zero-order valence-electron chi connectivity index (χ0n) is 12.6. The number of hydrogen-bond acceptors (Lipinski definition) is 5. The molecular weight excluding hydrogens is 302 g/mol. The molecule has 0 bridgehead atoms. The van der Waals surface area contributed by atoms with Crippen LogP contribution in [0.1, 0.15) is 5.56 Å². The van der Waals surface area contributed by atoms with E-state index in [2.05, 4.69) is 10.2 Å². The van der Waals surface area contributed by atoms with E-state index in [9.17, 15) is 8.42 Å². The van der Waals surface area contributed by atoms with Gasteiger partial charge in [-0.3, -0.25) is 4.55 Å². The number of nitrogens with zero attached hydrogens (tertiary/aromatic N) is 3. The van der Waals surface area contributed by atoms with Crippen molar-refractivity contribution in [1.82, 2.24) is 0 Å². The second kappa shape index (κ2) is 6.25. The maximum atomic E-state index is 11.1. The highest BCUT2D eigenvalue weighted by Gasteiger charge is 2.12. The number of aryl methyl sites for hydroxylation is 1. The molecule has 7 heteroatoms. The van der Waals surface area contributed by atoms with Gasteiger partial charge in [0.1, 0.15) is 0 Å². The Kier molecular flexibility index (Phi) is 4.58. The predicted octanol–water partition coefficient (Wildman–Crippen LogP) is 3.72. The normalized spacial score (nSPS) is 11.8. The molecule has 116 valence electrons. The summed E-state index contributed by atoms with van der Waals surface area (Å²) >= 11 is 0. The summed E-state index contributed by atoms with van der Waals surface area (Å²) in [6.07, 6.45) is 0. The van der Waals surface area contributed by atoms with Crippen molar-refractivity contribution in [3.05, 3.63) is 48.0 Å². The van der Waals surface area contributed by atoms with E-state index < -0.39 is 10.1 Å². The molecule has 0 spiro atoms. The molecule has 22 heavy (non-hydrogen) atoms. The van der Waals surface area contributed by atoms with Crippen molar-refractivity contribution in [2.45, 2.75) is 11.8 Å². The molecule has 0 fully saturated rings. The molecule has 0 saturated heterocycles. The lowest BCUT2D eigenvalue weighted by atomic mass is 10.2. The maximum Gasteiger partial charge on any atom is 0.294 e. The minimum Gasteiger partial charge on any atom is -0.378 e. The molecule has 0 aliphatic heterocycles. The first-order chi connectivity index (χ1) is 10.3. The molecule has 0 atom stereocenters. The van der Waals surface area contributed by atoms with Gasteiger partial charge in [-0.25, -0.2) is 0 Å². The fourth-order valence-electron chi connectivity index (χ4n) is 1.92. The highest BCUT2D eigenvalue weighted by Crippen LogP contribution is 2.24. The van der Waals surface area contributed by atoms with Gasteiger partial charge < -0.3 is 4.90 Å². The van der Waals surface area contributed by atoms with Crippen molar-refractivity contribution in [3.63, 3.8) is 0 Å². The third kappa shape index (κ3) is 3.90. The van der Waals surface area contributed by atoms with E-state index in [0.29, 0.717) is 16.9 Å². The zero-order chi connectivity index (χ0) is 16.3. The molecule has 1 N–H and O–H groups in total. The van der Waals surface area contributed by atoms with Gasteiger partial charge in [-0.1, -0.05) is 0 Å². The Hall–Kier alpha value is -2.25. The van der Waals surface area contributed by atoms with Crippen molar-refractivity contribution in [3.8, 4) is 0 Å². The summed E-state index contributed by atoms with van der Waals surface area (Å²) in [6, 6.07) is 11.9. The Morgan fingerprint density at radius 2 is 1.50 bits per heavy atom. The van der Waals surface area contributed by atoms with E-state index in [1.54, 1.807) is 13.0 Å². The van der Waals surface area contributed by atoms with Crippen LogP contribution in [0, 0.1) is 6.92 Å². The van der Waals surface area contributed by atoms with Crippen LogP contribution < -0.4 is 4.90 Å². The van der Waals surface area contributed by atoms with Crippen LogP contribution in [0.3, 0.4) is 0 Å². The second-order valence-electron chi connectivity index (χ2n) is 5.04. The molecule has 0 saturated carbocycles. The first kappa shape index (κ1) is 16.1. The SMILES string of the molecule is Cc1cc(N=Nc2ccc(N(C)C)cc2)ccc1S(=O)(=O)O. The Labute approximate surface area is 129 Å². The predicted molar refractivity (Wildman–Crippen MR) is 85.9 cm³/mol. The average Bonchev–Trinajstić information content (AvgIpc) is 2.44. The summed E-state index contributed by atoms with van der Waals surface area (Å²) in [5, 5.41) is 8.17. The van der Waals surface area contributed by atoms with Crippen molar-refractivity contribution >= 4 is 27.2 Å².